The highest BCUT2D eigenvalue weighted by atomic mass is 32.1. The van der Waals surface area contributed by atoms with Crippen LogP contribution >= 0.6 is 11.3 Å². The molecule has 1 aromatic carbocycles. The van der Waals surface area contributed by atoms with Crippen molar-refractivity contribution in [1.29, 1.82) is 0 Å². The third-order valence-electron chi connectivity index (χ3n) is 4.90. The van der Waals surface area contributed by atoms with Crippen LogP contribution in [0.1, 0.15) is 46.2 Å². The molecule has 0 unspecified atom stereocenters. The van der Waals surface area contributed by atoms with E-state index in [-0.39, 0.29) is 17.7 Å². The molecule has 2 fully saturated rings. The summed E-state index contributed by atoms with van der Waals surface area (Å²) >= 11 is 1.29. The van der Waals surface area contributed by atoms with Crippen LogP contribution in [-0.4, -0.2) is 29.8 Å². The Morgan fingerprint density at radius 2 is 2.04 bits per heavy atom. The van der Waals surface area contributed by atoms with Gasteiger partial charge in [0.2, 0.25) is 0 Å². The molecule has 2 aromatic rings. The Labute approximate surface area is 150 Å². The van der Waals surface area contributed by atoms with Crippen molar-refractivity contribution < 1.29 is 14.3 Å². The van der Waals surface area contributed by atoms with Crippen LogP contribution < -0.4 is 15.4 Å². The molecule has 0 radical (unpaired) electrons. The Morgan fingerprint density at radius 1 is 1.20 bits per heavy atom. The van der Waals surface area contributed by atoms with Crippen LogP contribution in [0.4, 0.5) is 0 Å². The molecule has 0 saturated carbocycles. The maximum absolute atomic E-state index is 12.5. The summed E-state index contributed by atoms with van der Waals surface area (Å²) in [5.41, 5.74) is 0.537. The zero-order chi connectivity index (χ0) is 17.4. The standard InChI is InChI=1S/C19H20N2O3S/c1-11(22)13-4-2-3-5-16(13)24-18-9-8-17(25-18)19(23)21-15-10-12-6-7-14(15)20-12/h2-5,8-9,12,14-15,20H,6-7,10H2,1H3,(H,21,23)/t12-,14+,15-/m1/s1. The van der Waals surface area contributed by atoms with Crippen molar-refractivity contribution in [3.8, 4) is 10.8 Å². The summed E-state index contributed by atoms with van der Waals surface area (Å²) in [7, 11) is 0. The second-order valence-electron chi connectivity index (χ2n) is 6.64. The lowest BCUT2D eigenvalue weighted by Crippen LogP contribution is -2.42. The van der Waals surface area contributed by atoms with Gasteiger partial charge in [-0.15, -0.1) is 0 Å². The topological polar surface area (TPSA) is 67.4 Å². The molecule has 2 aliphatic rings. The predicted octanol–water partition coefficient (Wildman–Crippen LogP) is 3.37. The average molecular weight is 356 g/mol. The third-order valence-corrected chi connectivity index (χ3v) is 5.86. The van der Waals surface area contributed by atoms with E-state index in [0.717, 1.165) is 12.8 Å². The van der Waals surface area contributed by atoms with Crippen molar-refractivity contribution in [2.24, 2.45) is 0 Å². The summed E-state index contributed by atoms with van der Waals surface area (Å²) in [5.74, 6) is 0.411. The highest BCUT2D eigenvalue weighted by Gasteiger charge is 2.39. The zero-order valence-corrected chi connectivity index (χ0v) is 14.8. The maximum Gasteiger partial charge on any atom is 0.261 e. The van der Waals surface area contributed by atoms with Gasteiger partial charge in [0.15, 0.2) is 10.8 Å². The number of rotatable bonds is 5. The van der Waals surface area contributed by atoms with Gasteiger partial charge in [-0.05, 0) is 50.5 Å². The van der Waals surface area contributed by atoms with E-state index in [2.05, 4.69) is 10.6 Å². The van der Waals surface area contributed by atoms with Gasteiger partial charge in [0.25, 0.3) is 5.91 Å². The Balaban J connectivity index is 1.44. The number of benzene rings is 1. The first kappa shape index (κ1) is 16.3. The van der Waals surface area contributed by atoms with Gasteiger partial charge in [-0.25, -0.2) is 0 Å². The number of ether oxygens (including phenoxy) is 1. The van der Waals surface area contributed by atoms with Gasteiger partial charge >= 0.3 is 0 Å². The van der Waals surface area contributed by atoms with Gasteiger partial charge in [0, 0.05) is 18.1 Å². The lowest BCUT2D eigenvalue weighted by molar-refractivity contribution is 0.0934. The van der Waals surface area contributed by atoms with Crippen molar-refractivity contribution in [3.05, 3.63) is 46.8 Å². The second kappa shape index (κ2) is 6.61. The highest BCUT2D eigenvalue weighted by Crippen LogP contribution is 2.32. The molecule has 4 rings (SSSR count). The van der Waals surface area contributed by atoms with Gasteiger partial charge in [-0.1, -0.05) is 23.5 Å². The third kappa shape index (κ3) is 3.32. The predicted molar refractivity (Wildman–Crippen MR) is 96.7 cm³/mol. The number of hydrogen-bond donors (Lipinski definition) is 2. The Kier molecular flexibility index (Phi) is 4.31. The van der Waals surface area contributed by atoms with Crippen LogP contribution in [0.3, 0.4) is 0 Å². The lowest BCUT2D eigenvalue weighted by atomic mass is 9.95. The average Bonchev–Trinajstić information content (AvgIpc) is 3.31. The number of carbonyl (C=O) groups excluding carboxylic acids is 2. The number of hydrogen-bond acceptors (Lipinski definition) is 5. The number of ketones is 1. The molecule has 25 heavy (non-hydrogen) atoms. The van der Waals surface area contributed by atoms with E-state index in [1.54, 1.807) is 30.3 Å². The van der Waals surface area contributed by atoms with Crippen LogP contribution in [0.25, 0.3) is 0 Å². The monoisotopic (exact) mass is 356 g/mol. The molecule has 5 nitrogen and oxygen atoms in total. The lowest BCUT2D eigenvalue weighted by Gasteiger charge is -2.20. The Morgan fingerprint density at radius 3 is 2.76 bits per heavy atom. The van der Waals surface area contributed by atoms with Crippen molar-refractivity contribution in [3.63, 3.8) is 0 Å². The molecule has 1 amide bonds. The second-order valence-corrected chi connectivity index (χ2v) is 7.68. The molecule has 6 heteroatoms. The van der Waals surface area contributed by atoms with Crippen LogP contribution in [0.2, 0.25) is 0 Å². The molecule has 3 atom stereocenters. The first-order valence-corrected chi connectivity index (χ1v) is 9.36. The van der Waals surface area contributed by atoms with Gasteiger partial charge in [-0.2, -0.15) is 0 Å². The SMILES string of the molecule is CC(=O)c1ccccc1Oc1ccc(C(=O)N[C@@H]2C[C@H]3CC[C@@H]2N3)s1. The van der Waals surface area contributed by atoms with E-state index in [0.29, 0.717) is 33.3 Å². The van der Waals surface area contributed by atoms with E-state index in [1.165, 1.54) is 24.7 Å². The van der Waals surface area contributed by atoms with Gasteiger partial charge in [0.1, 0.15) is 5.75 Å². The molecule has 2 saturated heterocycles. The Hall–Kier alpha value is -2.18. The van der Waals surface area contributed by atoms with Crippen LogP contribution in [0.5, 0.6) is 10.8 Å². The summed E-state index contributed by atoms with van der Waals surface area (Å²) in [6.07, 6.45) is 3.36. The van der Waals surface area contributed by atoms with E-state index in [4.69, 9.17) is 4.74 Å². The van der Waals surface area contributed by atoms with E-state index >= 15 is 0 Å². The molecule has 2 bridgehead atoms. The van der Waals surface area contributed by atoms with Gasteiger partial charge < -0.3 is 15.4 Å². The minimum Gasteiger partial charge on any atom is -0.446 e. The van der Waals surface area contributed by atoms with Crippen molar-refractivity contribution in [2.75, 3.05) is 0 Å². The maximum atomic E-state index is 12.5. The number of nitrogens with one attached hydrogen (secondary N) is 2. The van der Waals surface area contributed by atoms with Crippen LogP contribution in [-0.2, 0) is 0 Å². The van der Waals surface area contributed by atoms with Crippen molar-refractivity contribution in [2.45, 2.75) is 44.3 Å². The number of para-hydroxylation sites is 1. The molecular formula is C19H20N2O3S. The molecule has 130 valence electrons. The molecule has 2 aliphatic heterocycles. The molecular weight excluding hydrogens is 336 g/mol. The minimum absolute atomic E-state index is 0.0473. The zero-order valence-electron chi connectivity index (χ0n) is 14.0. The normalized spacial score (nSPS) is 24.3. The molecule has 2 N–H and O–H groups in total. The first-order valence-electron chi connectivity index (χ1n) is 8.55. The molecule has 1 aromatic heterocycles. The van der Waals surface area contributed by atoms with E-state index in [1.807, 2.05) is 6.07 Å². The highest BCUT2D eigenvalue weighted by molar-refractivity contribution is 7.15. The fourth-order valence-electron chi connectivity index (χ4n) is 3.68. The quantitative estimate of drug-likeness (QED) is 0.806. The number of thiophene rings is 1. The van der Waals surface area contributed by atoms with Gasteiger partial charge in [0.05, 0.1) is 10.4 Å². The molecule has 0 spiro atoms. The number of Topliss-reactive ketones (excluding diaryl/α,β-unsaturated/α-hetero) is 1. The van der Waals surface area contributed by atoms with E-state index < -0.39 is 0 Å². The molecule has 0 aliphatic carbocycles. The van der Waals surface area contributed by atoms with Crippen LogP contribution in [0, 0.1) is 0 Å². The Bertz CT molecular complexity index is 817. The summed E-state index contributed by atoms with van der Waals surface area (Å²) in [4.78, 5) is 24.8. The van der Waals surface area contributed by atoms with Crippen molar-refractivity contribution >= 4 is 23.0 Å². The number of carbonyl (C=O) groups is 2. The fourth-order valence-corrected chi connectivity index (χ4v) is 4.45. The van der Waals surface area contributed by atoms with Crippen LogP contribution in [0.15, 0.2) is 36.4 Å². The number of amides is 1. The summed E-state index contributed by atoms with van der Waals surface area (Å²) in [6, 6.07) is 11.9. The first-order chi connectivity index (χ1) is 12.1. The smallest absolute Gasteiger partial charge is 0.261 e. The van der Waals surface area contributed by atoms with Gasteiger partial charge in [-0.3, -0.25) is 9.59 Å². The molecule has 3 heterocycles. The summed E-state index contributed by atoms with van der Waals surface area (Å²) < 4.78 is 5.83. The fraction of sp³-hybridized carbons (Fsp3) is 0.368. The summed E-state index contributed by atoms with van der Waals surface area (Å²) in [6.45, 7) is 1.51. The van der Waals surface area contributed by atoms with E-state index in [9.17, 15) is 9.59 Å². The van der Waals surface area contributed by atoms with Crippen molar-refractivity contribution in [1.82, 2.24) is 10.6 Å². The number of fused-ring (bicyclic) bond motifs is 2. The largest absolute Gasteiger partial charge is 0.446 e. The summed E-state index contributed by atoms with van der Waals surface area (Å²) in [5, 5.41) is 7.26. The minimum atomic E-state index is -0.0564.